The summed E-state index contributed by atoms with van der Waals surface area (Å²) in [6, 6.07) is 12.3. The Bertz CT molecular complexity index is 1030. The van der Waals surface area contributed by atoms with Crippen LogP contribution < -0.4 is 0 Å². The van der Waals surface area contributed by atoms with Gasteiger partial charge in [0.05, 0.1) is 5.02 Å². The molecule has 0 unspecified atom stereocenters. The summed E-state index contributed by atoms with van der Waals surface area (Å²) in [5.74, 6) is 0.190. The van der Waals surface area contributed by atoms with E-state index in [2.05, 4.69) is 31.2 Å². The van der Waals surface area contributed by atoms with Gasteiger partial charge in [-0.3, -0.25) is 0 Å². The first-order chi connectivity index (χ1) is 11.1. The minimum atomic E-state index is -0.452. The van der Waals surface area contributed by atoms with Crippen LogP contribution >= 0.6 is 38.9 Å². The van der Waals surface area contributed by atoms with Crippen LogP contribution in [0.1, 0.15) is 0 Å². The van der Waals surface area contributed by atoms with E-state index in [-0.39, 0.29) is 5.02 Å². The second-order valence-corrected chi connectivity index (χ2v) is 6.95. The first-order valence-electron chi connectivity index (χ1n) is 6.56. The zero-order valence-corrected chi connectivity index (χ0v) is 14.5. The molecule has 0 aliphatic carbocycles. The Labute approximate surface area is 147 Å². The zero-order chi connectivity index (χ0) is 16.0. The van der Waals surface area contributed by atoms with Gasteiger partial charge in [0.25, 0.3) is 0 Å². The molecule has 4 rings (SSSR count). The normalized spacial score (nSPS) is 11.3. The monoisotopic (exact) mass is 408 g/mol. The van der Waals surface area contributed by atoms with Crippen molar-refractivity contribution in [2.45, 2.75) is 0 Å². The molecule has 2 aromatic heterocycles. The second kappa shape index (κ2) is 5.67. The van der Waals surface area contributed by atoms with Gasteiger partial charge in [0.2, 0.25) is 4.96 Å². The number of rotatable bonds is 2. The van der Waals surface area contributed by atoms with Crippen LogP contribution in [0.15, 0.2) is 46.9 Å². The molecule has 0 bridgehead atoms. The molecule has 0 saturated heterocycles. The minimum Gasteiger partial charge on any atom is -0.205 e. The summed E-state index contributed by atoms with van der Waals surface area (Å²) in [6.45, 7) is 0. The van der Waals surface area contributed by atoms with Crippen molar-refractivity contribution in [2.24, 2.45) is 0 Å². The first-order valence-corrected chi connectivity index (χ1v) is 8.55. The molecule has 0 N–H and O–H groups in total. The highest BCUT2D eigenvalue weighted by Crippen LogP contribution is 2.32. The highest BCUT2D eigenvalue weighted by molar-refractivity contribution is 9.10. The van der Waals surface area contributed by atoms with Crippen LogP contribution in [0.3, 0.4) is 0 Å². The predicted molar refractivity (Wildman–Crippen MR) is 92.2 cm³/mol. The summed E-state index contributed by atoms with van der Waals surface area (Å²) in [4.78, 5) is 0.659. The molecule has 0 radical (unpaired) electrons. The largest absolute Gasteiger partial charge is 0.235 e. The summed E-state index contributed by atoms with van der Waals surface area (Å²) in [5, 5.41) is 13.7. The molecule has 0 saturated carbocycles. The van der Waals surface area contributed by atoms with Gasteiger partial charge in [-0.05, 0) is 30.3 Å². The van der Waals surface area contributed by atoms with E-state index >= 15 is 0 Å². The van der Waals surface area contributed by atoms with Crippen molar-refractivity contribution in [3.05, 3.63) is 57.8 Å². The van der Waals surface area contributed by atoms with Crippen LogP contribution in [-0.2, 0) is 0 Å². The molecule has 2 aromatic carbocycles. The topological polar surface area (TPSA) is 43.1 Å². The summed E-state index contributed by atoms with van der Waals surface area (Å²) < 4.78 is 15.9. The Hall–Kier alpha value is -1.83. The second-order valence-electron chi connectivity index (χ2n) is 4.73. The van der Waals surface area contributed by atoms with E-state index in [1.165, 1.54) is 17.4 Å². The Morgan fingerprint density at radius 1 is 1.13 bits per heavy atom. The molecule has 0 fully saturated rings. The van der Waals surface area contributed by atoms with E-state index in [9.17, 15) is 4.39 Å². The van der Waals surface area contributed by atoms with Crippen molar-refractivity contribution in [3.8, 4) is 22.0 Å². The van der Waals surface area contributed by atoms with Gasteiger partial charge in [-0.1, -0.05) is 51.0 Å². The Balaban J connectivity index is 1.86. The third-order valence-corrected chi connectivity index (χ3v) is 5.20. The maximum absolute atomic E-state index is 13.3. The number of benzene rings is 2. The molecule has 23 heavy (non-hydrogen) atoms. The number of halogens is 3. The molecule has 0 spiro atoms. The fraction of sp³-hybridized carbons (Fsp3) is 0. The molecule has 0 aliphatic heterocycles. The highest BCUT2D eigenvalue weighted by Gasteiger charge is 2.16. The summed E-state index contributed by atoms with van der Waals surface area (Å²) in [5.41, 5.74) is 1.64. The average Bonchev–Trinajstić information content (AvgIpc) is 3.11. The molecule has 2 heterocycles. The van der Waals surface area contributed by atoms with Crippen LogP contribution in [0.2, 0.25) is 5.02 Å². The van der Waals surface area contributed by atoms with Gasteiger partial charge in [0.15, 0.2) is 5.82 Å². The Morgan fingerprint density at radius 2 is 1.96 bits per heavy atom. The maximum atomic E-state index is 13.3. The van der Waals surface area contributed by atoms with Crippen LogP contribution in [0.5, 0.6) is 0 Å². The van der Waals surface area contributed by atoms with Gasteiger partial charge < -0.3 is 0 Å². The number of hydrogen-bond donors (Lipinski definition) is 0. The first kappa shape index (κ1) is 14.7. The standard InChI is InChI=1S/C15H7BrClFN4S/c16-10-4-2-1-3-9(10)13-19-20-15-22(13)21-14(23-15)8-5-6-12(18)11(17)7-8/h1-7H. The lowest BCUT2D eigenvalue weighted by Crippen LogP contribution is -1.92. The van der Waals surface area contributed by atoms with Crippen LogP contribution in [0.4, 0.5) is 4.39 Å². The van der Waals surface area contributed by atoms with Gasteiger partial charge in [0.1, 0.15) is 10.8 Å². The van der Waals surface area contributed by atoms with Gasteiger partial charge >= 0.3 is 0 Å². The van der Waals surface area contributed by atoms with Crippen molar-refractivity contribution < 1.29 is 4.39 Å². The molecule has 4 aromatic rings. The predicted octanol–water partition coefficient (Wildman–Crippen LogP) is 5.07. The lowest BCUT2D eigenvalue weighted by molar-refractivity contribution is 0.628. The van der Waals surface area contributed by atoms with Gasteiger partial charge in [-0.2, -0.15) is 9.61 Å². The SMILES string of the molecule is Fc1ccc(-c2nn3c(-c4ccccc4Br)nnc3s2)cc1Cl. The molecule has 4 nitrogen and oxygen atoms in total. The molecule has 0 aliphatic rings. The van der Waals surface area contributed by atoms with Gasteiger partial charge in [-0.25, -0.2) is 4.39 Å². The van der Waals surface area contributed by atoms with Crippen molar-refractivity contribution in [2.75, 3.05) is 0 Å². The molecule has 0 atom stereocenters. The van der Waals surface area contributed by atoms with Crippen LogP contribution in [0.25, 0.3) is 26.9 Å². The zero-order valence-electron chi connectivity index (χ0n) is 11.4. The van der Waals surface area contributed by atoms with Crippen molar-refractivity contribution in [1.29, 1.82) is 0 Å². The Morgan fingerprint density at radius 3 is 2.74 bits per heavy atom. The highest BCUT2D eigenvalue weighted by atomic mass is 79.9. The number of aromatic nitrogens is 4. The van der Waals surface area contributed by atoms with E-state index in [1.807, 2.05) is 24.3 Å². The quantitative estimate of drug-likeness (QED) is 0.464. The van der Waals surface area contributed by atoms with Crippen LogP contribution in [0, 0.1) is 5.82 Å². The maximum Gasteiger partial charge on any atom is 0.235 e. The van der Waals surface area contributed by atoms with E-state index in [0.29, 0.717) is 15.8 Å². The fourth-order valence-corrected chi connectivity index (χ4v) is 3.65. The lowest BCUT2D eigenvalue weighted by atomic mass is 10.2. The summed E-state index contributed by atoms with van der Waals surface area (Å²) >= 11 is 10.7. The van der Waals surface area contributed by atoms with E-state index in [4.69, 9.17) is 11.6 Å². The van der Waals surface area contributed by atoms with Crippen molar-refractivity contribution in [3.63, 3.8) is 0 Å². The lowest BCUT2D eigenvalue weighted by Gasteiger charge is -2.00. The molecule has 114 valence electrons. The number of nitrogens with zero attached hydrogens (tertiary/aromatic N) is 4. The summed E-state index contributed by atoms with van der Waals surface area (Å²) in [6.07, 6.45) is 0. The van der Waals surface area contributed by atoms with Crippen molar-refractivity contribution in [1.82, 2.24) is 19.8 Å². The molecular weight excluding hydrogens is 403 g/mol. The van der Waals surface area contributed by atoms with E-state index in [1.54, 1.807) is 16.6 Å². The smallest absolute Gasteiger partial charge is 0.205 e. The van der Waals surface area contributed by atoms with Crippen LogP contribution in [-0.4, -0.2) is 19.8 Å². The third kappa shape index (κ3) is 2.54. The van der Waals surface area contributed by atoms with E-state index in [0.717, 1.165) is 15.6 Å². The number of fused-ring (bicyclic) bond motifs is 1. The van der Waals surface area contributed by atoms with Gasteiger partial charge in [-0.15, -0.1) is 10.2 Å². The average molecular weight is 410 g/mol. The van der Waals surface area contributed by atoms with E-state index < -0.39 is 5.82 Å². The third-order valence-electron chi connectivity index (χ3n) is 3.27. The number of hydrogen-bond acceptors (Lipinski definition) is 4. The fourth-order valence-electron chi connectivity index (χ4n) is 2.17. The molecule has 8 heteroatoms. The molecule has 0 amide bonds. The van der Waals surface area contributed by atoms with Crippen molar-refractivity contribution >= 4 is 43.8 Å². The molecular formula is C15H7BrClFN4S. The van der Waals surface area contributed by atoms with Gasteiger partial charge in [0, 0.05) is 15.6 Å². The summed E-state index contributed by atoms with van der Waals surface area (Å²) in [7, 11) is 0. The Kier molecular flexibility index (Phi) is 3.63. The minimum absolute atomic E-state index is 0.0690.